The molecule has 1 fully saturated rings. The van der Waals surface area contributed by atoms with Crippen LogP contribution in [0.25, 0.3) is 0 Å². The third kappa shape index (κ3) is 2.42. The normalized spacial score (nSPS) is 23.8. The number of aliphatic hydroxyl groups is 1. The number of ether oxygens (including phenoxy) is 1. The molecular weight excluding hydrogens is 174 g/mol. The number of hydrogen-bond donors (Lipinski definition) is 2. The van der Waals surface area contributed by atoms with Crippen molar-refractivity contribution in [1.82, 2.24) is 5.32 Å². The first-order valence-corrected chi connectivity index (χ1v) is 4.30. The Morgan fingerprint density at radius 2 is 2.54 bits per heavy atom. The van der Waals surface area contributed by atoms with E-state index < -0.39 is 24.0 Å². The molecule has 0 bridgehead atoms. The molecule has 2 N–H and O–H groups in total. The van der Waals surface area contributed by atoms with Crippen molar-refractivity contribution in [3.63, 3.8) is 0 Å². The molecule has 13 heavy (non-hydrogen) atoms. The standard InChI is InChI=1S/C8H13NO4/c1-2-6(10)7(11)9-5-3-4-13-8(5)12/h5-6,10H,2-4H2,1H3,(H,9,11). The van der Waals surface area contributed by atoms with Gasteiger partial charge in [0.25, 0.3) is 0 Å². The van der Waals surface area contributed by atoms with Gasteiger partial charge >= 0.3 is 5.97 Å². The number of carbonyl (C=O) groups excluding carboxylic acids is 2. The summed E-state index contributed by atoms with van der Waals surface area (Å²) in [5, 5.41) is 11.5. The Labute approximate surface area is 76.1 Å². The number of esters is 1. The molecule has 1 amide bonds. The molecule has 0 aromatic carbocycles. The number of cyclic esters (lactones) is 1. The van der Waals surface area contributed by atoms with Crippen molar-refractivity contribution >= 4 is 11.9 Å². The first-order valence-electron chi connectivity index (χ1n) is 4.30. The van der Waals surface area contributed by atoms with Crippen molar-refractivity contribution in [2.24, 2.45) is 0 Å². The van der Waals surface area contributed by atoms with E-state index in [1.54, 1.807) is 6.92 Å². The molecule has 0 saturated carbocycles. The van der Waals surface area contributed by atoms with Crippen LogP contribution < -0.4 is 5.32 Å². The minimum absolute atomic E-state index is 0.339. The van der Waals surface area contributed by atoms with Crippen molar-refractivity contribution in [2.75, 3.05) is 6.61 Å². The number of rotatable bonds is 3. The van der Waals surface area contributed by atoms with Crippen molar-refractivity contribution in [2.45, 2.75) is 31.9 Å². The molecule has 1 aliphatic rings. The van der Waals surface area contributed by atoms with Crippen LogP contribution in [0.5, 0.6) is 0 Å². The Balaban J connectivity index is 2.39. The van der Waals surface area contributed by atoms with E-state index in [4.69, 9.17) is 5.11 Å². The van der Waals surface area contributed by atoms with Gasteiger partial charge in [-0.1, -0.05) is 6.92 Å². The first kappa shape index (κ1) is 9.98. The maximum Gasteiger partial charge on any atom is 0.328 e. The minimum atomic E-state index is -1.03. The number of amides is 1. The van der Waals surface area contributed by atoms with E-state index in [2.05, 4.69) is 10.1 Å². The van der Waals surface area contributed by atoms with Gasteiger partial charge < -0.3 is 15.2 Å². The maximum atomic E-state index is 11.1. The van der Waals surface area contributed by atoms with E-state index in [1.165, 1.54) is 0 Å². The average molecular weight is 187 g/mol. The smallest absolute Gasteiger partial charge is 0.328 e. The zero-order valence-electron chi connectivity index (χ0n) is 7.45. The van der Waals surface area contributed by atoms with Crippen molar-refractivity contribution in [3.05, 3.63) is 0 Å². The topological polar surface area (TPSA) is 75.6 Å². The Morgan fingerprint density at radius 3 is 3.00 bits per heavy atom. The molecular formula is C8H13NO4. The second-order valence-electron chi connectivity index (χ2n) is 2.94. The molecule has 0 aromatic heterocycles. The maximum absolute atomic E-state index is 11.1. The Kier molecular flexibility index (Phi) is 3.25. The van der Waals surface area contributed by atoms with Crippen molar-refractivity contribution < 1.29 is 19.4 Å². The van der Waals surface area contributed by atoms with Gasteiger partial charge in [-0.2, -0.15) is 0 Å². The largest absolute Gasteiger partial charge is 0.464 e. The summed E-state index contributed by atoms with van der Waals surface area (Å²) in [6, 6.07) is -0.575. The lowest BCUT2D eigenvalue weighted by atomic mass is 10.2. The molecule has 0 aliphatic carbocycles. The van der Waals surface area contributed by atoms with Crippen LogP contribution in [0.3, 0.4) is 0 Å². The van der Waals surface area contributed by atoms with Crippen molar-refractivity contribution in [3.8, 4) is 0 Å². The summed E-state index contributed by atoms with van der Waals surface area (Å²) in [6.45, 7) is 2.03. The van der Waals surface area contributed by atoms with E-state index in [-0.39, 0.29) is 0 Å². The quantitative estimate of drug-likeness (QED) is 0.566. The van der Waals surface area contributed by atoms with Gasteiger partial charge in [0.2, 0.25) is 5.91 Å². The molecule has 0 spiro atoms. The highest BCUT2D eigenvalue weighted by Crippen LogP contribution is 2.06. The molecule has 0 aromatic rings. The molecule has 5 heteroatoms. The zero-order chi connectivity index (χ0) is 9.84. The van der Waals surface area contributed by atoms with Crippen LogP contribution in [0.1, 0.15) is 19.8 Å². The van der Waals surface area contributed by atoms with Crippen molar-refractivity contribution in [1.29, 1.82) is 0 Å². The lowest BCUT2D eigenvalue weighted by Crippen LogP contribution is -2.43. The predicted octanol–water partition coefficient (Wildman–Crippen LogP) is -0.811. The summed E-state index contributed by atoms with van der Waals surface area (Å²) >= 11 is 0. The van der Waals surface area contributed by atoms with E-state index in [0.29, 0.717) is 19.4 Å². The second-order valence-corrected chi connectivity index (χ2v) is 2.94. The van der Waals surface area contributed by atoms with Crippen LogP contribution in [-0.4, -0.2) is 35.7 Å². The van der Waals surface area contributed by atoms with Crippen LogP contribution in [0, 0.1) is 0 Å². The highest BCUT2D eigenvalue weighted by Gasteiger charge is 2.29. The fourth-order valence-corrected chi connectivity index (χ4v) is 1.08. The Bertz CT molecular complexity index is 216. The van der Waals surface area contributed by atoms with Gasteiger partial charge in [-0.3, -0.25) is 4.79 Å². The van der Waals surface area contributed by atoms with E-state index in [9.17, 15) is 9.59 Å². The highest BCUT2D eigenvalue weighted by atomic mass is 16.5. The van der Waals surface area contributed by atoms with E-state index >= 15 is 0 Å². The summed E-state index contributed by atoms with van der Waals surface area (Å²) in [5.41, 5.74) is 0. The predicted molar refractivity (Wildman–Crippen MR) is 43.8 cm³/mol. The van der Waals surface area contributed by atoms with Gasteiger partial charge in [-0.15, -0.1) is 0 Å². The molecule has 2 atom stereocenters. The van der Waals surface area contributed by atoms with E-state index in [0.717, 1.165) is 0 Å². The van der Waals surface area contributed by atoms with Crippen LogP contribution in [0.4, 0.5) is 0 Å². The van der Waals surface area contributed by atoms with Crippen LogP contribution in [-0.2, 0) is 14.3 Å². The van der Waals surface area contributed by atoms with Gasteiger partial charge in [0, 0.05) is 6.42 Å². The molecule has 2 unspecified atom stereocenters. The summed E-state index contributed by atoms with van der Waals surface area (Å²) < 4.78 is 4.64. The summed E-state index contributed by atoms with van der Waals surface area (Å²) in [4.78, 5) is 22.0. The van der Waals surface area contributed by atoms with Gasteiger partial charge in [0.1, 0.15) is 12.1 Å². The molecule has 5 nitrogen and oxygen atoms in total. The SMILES string of the molecule is CCC(O)C(=O)NC1CCOC1=O. The number of carbonyl (C=O) groups is 2. The monoisotopic (exact) mass is 187 g/mol. The lowest BCUT2D eigenvalue weighted by molar-refractivity contribution is -0.142. The zero-order valence-corrected chi connectivity index (χ0v) is 7.45. The van der Waals surface area contributed by atoms with Crippen LogP contribution >= 0.6 is 0 Å². The minimum Gasteiger partial charge on any atom is -0.464 e. The number of aliphatic hydroxyl groups excluding tert-OH is 1. The third-order valence-corrected chi connectivity index (χ3v) is 1.94. The Morgan fingerprint density at radius 1 is 1.85 bits per heavy atom. The highest BCUT2D eigenvalue weighted by molar-refractivity contribution is 5.87. The fraction of sp³-hybridized carbons (Fsp3) is 0.750. The third-order valence-electron chi connectivity index (χ3n) is 1.94. The summed E-state index contributed by atoms with van der Waals surface area (Å²) in [6.07, 6.45) is -0.206. The van der Waals surface area contributed by atoms with Gasteiger partial charge in [0.15, 0.2) is 0 Å². The number of hydrogen-bond acceptors (Lipinski definition) is 4. The second kappa shape index (κ2) is 4.23. The number of nitrogens with one attached hydrogen (secondary N) is 1. The van der Waals surface area contributed by atoms with Gasteiger partial charge in [0.05, 0.1) is 6.61 Å². The van der Waals surface area contributed by atoms with E-state index in [1.807, 2.05) is 0 Å². The van der Waals surface area contributed by atoms with Crippen LogP contribution in [0.15, 0.2) is 0 Å². The summed E-state index contributed by atoms with van der Waals surface area (Å²) in [7, 11) is 0. The molecule has 1 aliphatic heterocycles. The molecule has 1 saturated heterocycles. The fourth-order valence-electron chi connectivity index (χ4n) is 1.08. The molecule has 74 valence electrons. The lowest BCUT2D eigenvalue weighted by Gasteiger charge is -2.11. The van der Waals surface area contributed by atoms with Gasteiger partial charge in [-0.25, -0.2) is 4.79 Å². The first-order chi connectivity index (χ1) is 6.15. The van der Waals surface area contributed by atoms with Gasteiger partial charge in [-0.05, 0) is 6.42 Å². The summed E-state index contributed by atoms with van der Waals surface area (Å²) in [5.74, 6) is -0.928. The van der Waals surface area contributed by atoms with Crippen LogP contribution in [0.2, 0.25) is 0 Å². The molecule has 1 rings (SSSR count). The Hall–Kier alpha value is -1.10. The molecule has 1 heterocycles. The average Bonchev–Trinajstić information content (AvgIpc) is 2.50. The molecule has 0 radical (unpaired) electrons.